The molecule has 0 unspecified atom stereocenters. The molecule has 1 aliphatic heterocycles. The van der Waals surface area contributed by atoms with E-state index in [0.29, 0.717) is 34.5 Å². The predicted molar refractivity (Wildman–Crippen MR) is 227 cm³/mol. The van der Waals surface area contributed by atoms with Gasteiger partial charge < -0.3 is 10.1 Å². The Morgan fingerprint density at radius 2 is 1.66 bits per heavy atom. The van der Waals surface area contributed by atoms with Gasteiger partial charge in [0.05, 0.1) is 16.3 Å². The standard InChI is InChI=1S/C43H37BrIN3O4S/c1-4-7-19-35(6-3)48-42(51)36(25-30-24-33(14-5-2)40(37(44)26-30)52-27-29-20-22-34(45)23-21-29)41(50)47-43(48)53-28-38(49)46-39(31-15-10-8-11-16-31)32-17-12-9-13-18-32/h4-13,15-26,39H,1-2,14,27-28H2,3H3,(H,46,49)/b19-7-,35-6+,36-25+. The molecule has 268 valence electrons. The van der Waals surface area contributed by atoms with Crippen molar-refractivity contribution < 1.29 is 19.1 Å². The van der Waals surface area contributed by atoms with Gasteiger partial charge in [0.1, 0.15) is 17.9 Å². The van der Waals surface area contributed by atoms with Gasteiger partial charge in [0.2, 0.25) is 5.91 Å². The van der Waals surface area contributed by atoms with Gasteiger partial charge in [-0.05, 0) is 116 Å². The highest BCUT2D eigenvalue weighted by atomic mass is 127. The molecular formula is C43H37BrIN3O4S. The lowest BCUT2D eigenvalue weighted by atomic mass is 9.99. The van der Waals surface area contributed by atoms with E-state index in [0.717, 1.165) is 37.6 Å². The van der Waals surface area contributed by atoms with Gasteiger partial charge in [0, 0.05) is 9.27 Å². The minimum absolute atomic E-state index is 0.0885. The summed E-state index contributed by atoms with van der Waals surface area (Å²) in [7, 11) is 0. The average molecular weight is 899 g/mol. The number of carbonyl (C=O) groups excluding carboxylic acids is 3. The molecule has 1 aliphatic rings. The third-order valence-electron chi connectivity index (χ3n) is 8.03. The Morgan fingerprint density at radius 3 is 2.26 bits per heavy atom. The first-order chi connectivity index (χ1) is 25.7. The quantitative estimate of drug-likeness (QED) is 0.0448. The van der Waals surface area contributed by atoms with Gasteiger partial charge in [-0.25, -0.2) is 0 Å². The molecule has 0 aliphatic carbocycles. The number of hydrogen-bond acceptors (Lipinski definition) is 5. The van der Waals surface area contributed by atoms with Crippen molar-refractivity contribution in [1.29, 1.82) is 0 Å². The summed E-state index contributed by atoms with van der Waals surface area (Å²) in [6.07, 6.45) is 10.5. The van der Waals surface area contributed by atoms with E-state index in [9.17, 15) is 14.4 Å². The van der Waals surface area contributed by atoms with E-state index < -0.39 is 17.9 Å². The fourth-order valence-electron chi connectivity index (χ4n) is 5.52. The number of hydrogen-bond donors (Lipinski definition) is 1. The SMILES string of the molecule is C=C/C=C\C(=C/C)N1C(=O)/C(=C/c2cc(Br)c(OCc3ccc(I)cc3)c(CC=C)c2)C(=O)N=C1SCC(=O)NC(c1ccccc1)c1ccccc1. The molecule has 0 radical (unpaired) electrons. The largest absolute Gasteiger partial charge is 0.487 e. The Labute approximate surface area is 336 Å². The Hall–Kier alpha value is -4.78. The number of aliphatic imine (C=N–C) groups is 1. The van der Waals surface area contributed by atoms with Gasteiger partial charge in [0.15, 0.2) is 5.17 Å². The van der Waals surface area contributed by atoms with Gasteiger partial charge in [-0.3, -0.25) is 19.3 Å². The van der Waals surface area contributed by atoms with Crippen molar-refractivity contribution in [2.75, 3.05) is 5.75 Å². The van der Waals surface area contributed by atoms with Crippen LogP contribution in [-0.2, 0) is 27.4 Å². The van der Waals surface area contributed by atoms with E-state index in [1.54, 1.807) is 43.4 Å². The maximum atomic E-state index is 14.2. The van der Waals surface area contributed by atoms with Crippen LogP contribution >= 0.6 is 50.3 Å². The van der Waals surface area contributed by atoms with Crippen molar-refractivity contribution in [2.24, 2.45) is 4.99 Å². The van der Waals surface area contributed by atoms with Crippen molar-refractivity contribution in [1.82, 2.24) is 10.2 Å². The van der Waals surface area contributed by atoms with Crippen LogP contribution in [0.25, 0.3) is 6.08 Å². The van der Waals surface area contributed by atoms with Crippen molar-refractivity contribution in [3.63, 3.8) is 0 Å². The Morgan fingerprint density at radius 1 is 1.00 bits per heavy atom. The number of carbonyl (C=O) groups is 3. The molecule has 0 spiro atoms. The molecular weight excluding hydrogens is 861 g/mol. The summed E-state index contributed by atoms with van der Waals surface area (Å²) in [5, 5.41) is 3.21. The third kappa shape index (κ3) is 10.4. The highest BCUT2D eigenvalue weighted by molar-refractivity contribution is 14.1. The summed E-state index contributed by atoms with van der Waals surface area (Å²) < 4.78 is 8.03. The number of benzene rings is 4. The van der Waals surface area contributed by atoms with Crippen LogP contribution in [0.15, 0.2) is 161 Å². The average Bonchev–Trinajstić information content (AvgIpc) is 3.16. The summed E-state index contributed by atoms with van der Waals surface area (Å²) >= 11 is 6.93. The molecule has 0 fully saturated rings. The normalized spacial score (nSPS) is 14.1. The monoisotopic (exact) mass is 897 g/mol. The summed E-state index contributed by atoms with van der Waals surface area (Å²) in [6.45, 7) is 9.80. The molecule has 0 saturated carbocycles. The molecule has 3 amide bonds. The fourth-order valence-corrected chi connectivity index (χ4v) is 7.32. The van der Waals surface area contributed by atoms with Crippen LogP contribution in [0.2, 0.25) is 0 Å². The Kier molecular flexibility index (Phi) is 14.4. The predicted octanol–water partition coefficient (Wildman–Crippen LogP) is 9.75. The van der Waals surface area contributed by atoms with E-state index in [1.807, 2.05) is 91.0 Å². The number of ether oxygens (including phenoxy) is 1. The molecule has 7 nitrogen and oxygen atoms in total. The minimum atomic E-state index is -0.704. The van der Waals surface area contributed by atoms with E-state index in [4.69, 9.17) is 4.74 Å². The van der Waals surface area contributed by atoms with Gasteiger partial charge >= 0.3 is 0 Å². The molecule has 1 N–H and O–H groups in total. The molecule has 53 heavy (non-hydrogen) atoms. The number of rotatable bonds is 14. The van der Waals surface area contributed by atoms with E-state index in [1.165, 1.54) is 11.0 Å². The molecule has 0 aromatic heterocycles. The molecule has 4 aromatic rings. The van der Waals surface area contributed by atoms with Crippen LogP contribution in [0, 0.1) is 3.57 Å². The number of amidine groups is 1. The van der Waals surface area contributed by atoms with Gasteiger partial charge in [-0.2, -0.15) is 4.99 Å². The fraction of sp³-hybridized carbons (Fsp3) is 0.116. The van der Waals surface area contributed by atoms with Gasteiger partial charge in [-0.15, -0.1) is 6.58 Å². The molecule has 10 heteroatoms. The molecule has 0 atom stereocenters. The third-order valence-corrected chi connectivity index (χ3v) is 10.3. The van der Waals surface area contributed by atoms with E-state index in [-0.39, 0.29) is 22.4 Å². The zero-order valence-electron chi connectivity index (χ0n) is 29.0. The van der Waals surface area contributed by atoms with Crippen LogP contribution in [0.4, 0.5) is 0 Å². The Balaban J connectivity index is 1.42. The van der Waals surface area contributed by atoms with Crippen molar-refractivity contribution in [3.8, 4) is 5.75 Å². The van der Waals surface area contributed by atoms with Crippen LogP contribution in [0.3, 0.4) is 0 Å². The van der Waals surface area contributed by atoms with Crippen LogP contribution in [-0.4, -0.2) is 33.5 Å². The van der Waals surface area contributed by atoms with E-state index >= 15 is 0 Å². The number of nitrogens with one attached hydrogen (secondary N) is 1. The number of amides is 3. The first-order valence-corrected chi connectivity index (χ1v) is 19.5. The number of nitrogens with zero attached hydrogens (tertiary/aromatic N) is 2. The summed E-state index contributed by atoms with van der Waals surface area (Å²) in [5.74, 6) is -1.000. The van der Waals surface area contributed by atoms with Crippen LogP contribution < -0.4 is 10.1 Å². The molecule has 1 heterocycles. The zero-order valence-corrected chi connectivity index (χ0v) is 33.6. The smallest absolute Gasteiger partial charge is 0.285 e. The number of halogens is 2. The van der Waals surface area contributed by atoms with Gasteiger partial charge in [0.25, 0.3) is 11.8 Å². The van der Waals surface area contributed by atoms with Crippen molar-refractivity contribution in [2.45, 2.75) is 26.0 Å². The second-order valence-electron chi connectivity index (χ2n) is 11.7. The number of allylic oxidation sites excluding steroid dienone is 5. The molecule has 0 bridgehead atoms. The highest BCUT2D eigenvalue weighted by Gasteiger charge is 2.35. The summed E-state index contributed by atoms with van der Waals surface area (Å²) in [5.41, 5.74) is 4.66. The summed E-state index contributed by atoms with van der Waals surface area (Å²) in [4.78, 5) is 47.0. The number of thioether (sulfide) groups is 1. The van der Waals surface area contributed by atoms with Crippen LogP contribution in [0.1, 0.15) is 40.8 Å². The minimum Gasteiger partial charge on any atom is -0.487 e. The zero-order chi connectivity index (χ0) is 37.7. The van der Waals surface area contributed by atoms with Crippen LogP contribution in [0.5, 0.6) is 5.75 Å². The first-order valence-electron chi connectivity index (χ1n) is 16.7. The molecule has 4 aromatic carbocycles. The second kappa shape index (κ2) is 19.3. The highest BCUT2D eigenvalue weighted by Crippen LogP contribution is 2.34. The lowest BCUT2D eigenvalue weighted by Gasteiger charge is -2.28. The molecule has 0 saturated heterocycles. The first kappa shape index (κ1) is 39.4. The maximum Gasteiger partial charge on any atom is 0.285 e. The molecule has 5 rings (SSSR count). The topological polar surface area (TPSA) is 88.1 Å². The van der Waals surface area contributed by atoms with E-state index in [2.05, 4.69) is 62.0 Å². The second-order valence-corrected chi connectivity index (χ2v) is 14.8. The maximum absolute atomic E-state index is 14.2. The lowest BCUT2D eigenvalue weighted by Crippen LogP contribution is -2.42. The van der Waals surface area contributed by atoms with Crippen molar-refractivity contribution >= 4 is 79.2 Å². The van der Waals surface area contributed by atoms with Gasteiger partial charge in [-0.1, -0.05) is 115 Å². The summed E-state index contributed by atoms with van der Waals surface area (Å²) in [6, 6.07) is 30.7. The Bertz CT molecular complexity index is 2070. The lowest BCUT2D eigenvalue weighted by molar-refractivity contribution is -0.126. The van der Waals surface area contributed by atoms with Crippen molar-refractivity contribution in [3.05, 3.63) is 188 Å².